The van der Waals surface area contributed by atoms with E-state index in [2.05, 4.69) is 53.4 Å². The highest BCUT2D eigenvalue weighted by Crippen LogP contribution is 2.47. The molecule has 0 aliphatic carbocycles. The minimum Gasteiger partial charge on any atom is -0.242 e. The second-order valence-corrected chi connectivity index (χ2v) is 7.67. The molecule has 0 fully saturated rings. The Balaban J connectivity index is 1.71. The molecule has 0 radical (unpaired) electrons. The van der Waals surface area contributed by atoms with Crippen LogP contribution in [0.3, 0.4) is 0 Å². The normalized spacial score (nSPS) is 13.9. The van der Waals surface area contributed by atoms with Gasteiger partial charge in [0.1, 0.15) is 10.5 Å². The molecule has 4 aromatic heterocycles. The molecule has 2 N–H and O–H groups in total. The number of H-pyrrole nitrogens is 2. The molecule has 23 heavy (non-hydrogen) atoms. The topological polar surface area (TPSA) is 109 Å². The van der Waals surface area contributed by atoms with Crippen LogP contribution in [0.15, 0.2) is 35.0 Å². The summed E-state index contributed by atoms with van der Waals surface area (Å²) in [4.78, 5) is 2.34. The smallest absolute Gasteiger partial charge is 0.166 e. The van der Waals surface area contributed by atoms with Gasteiger partial charge in [0.25, 0.3) is 0 Å². The molecule has 0 saturated heterocycles. The van der Waals surface area contributed by atoms with E-state index in [1.54, 1.807) is 34.4 Å². The van der Waals surface area contributed by atoms with E-state index in [1.165, 1.54) is 9.75 Å². The molecule has 0 aromatic carbocycles. The molecule has 0 spiro atoms. The van der Waals surface area contributed by atoms with E-state index in [0.29, 0.717) is 11.6 Å². The average Bonchev–Trinajstić information content (AvgIpc) is 3.35. The first kappa shape index (κ1) is 14.5. The van der Waals surface area contributed by atoms with Crippen LogP contribution in [0.2, 0.25) is 0 Å². The van der Waals surface area contributed by atoms with E-state index in [1.807, 2.05) is 22.9 Å². The van der Waals surface area contributed by atoms with Gasteiger partial charge in [-0.25, -0.2) is 10.2 Å². The van der Waals surface area contributed by atoms with Crippen molar-refractivity contribution in [1.82, 2.24) is 41.2 Å². The third-order valence-electron chi connectivity index (χ3n) is 3.10. The Bertz CT molecular complexity index is 671. The lowest BCUT2D eigenvalue weighted by molar-refractivity contribution is 0.881. The zero-order valence-corrected chi connectivity index (χ0v) is 14.0. The van der Waals surface area contributed by atoms with E-state index >= 15 is 0 Å². The Hall–Kier alpha value is -2.11. The van der Waals surface area contributed by atoms with Gasteiger partial charge in [0, 0.05) is 9.75 Å². The number of thiophene rings is 2. The first-order chi connectivity index (χ1) is 11.4. The minimum atomic E-state index is -0.0257. The molecule has 4 heterocycles. The van der Waals surface area contributed by atoms with Gasteiger partial charge in [0.05, 0.1) is 0 Å². The summed E-state index contributed by atoms with van der Waals surface area (Å²) in [5.41, 5.74) is 0. The summed E-state index contributed by atoms with van der Waals surface area (Å²) in [5, 5.41) is 32.8. The van der Waals surface area contributed by atoms with E-state index in [0.717, 1.165) is 0 Å². The predicted octanol–water partition coefficient (Wildman–Crippen LogP) is 2.45. The van der Waals surface area contributed by atoms with E-state index in [4.69, 9.17) is 0 Å². The van der Waals surface area contributed by atoms with Gasteiger partial charge in [-0.2, -0.15) is 0 Å². The maximum absolute atomic E-state index is 4.10. The minimum absolute atomic E-state index is 0.0257. The van der Waals surface area contributed by atoms with Crippen LogP contribution in [-0.4, -0.2) is 41.2 Å². The zero-order valence-electron chi connectivity index (χ0n) is 11.5. The van der Waals surface area contributed by atoms with Gasteiger partial charge in [0.2, 0.25) is 0 Å². The summed E-state index contributed by atoms with van der Waals surface area (Å²) in [5.74, 6) is 1.43. The summed E-state index contributed by atoms with van der Waals surface area (Å²) in [6.45, 7) is 0. The quantitative estimate of drug-likeness (QED) is 0.542. The third kappa shape index (κ3) is 3.02. The highest BCUT2D eigenvalue weighted by molar-refractivity contribution is 8.00. The second kappa shape index (κ2) is 6.56. The van der Waals surface area contributed by atoms with Gasteiger partial charge in [-0.15, -0.1) is 44.6 Å². The fraction of sp³-hybridized carbons (Fsp3) is 0.167. The van der Waals surface area contributed by atoms with Crippen molar-refractivity contribution >= 4 is 34.4 Å². The lowest BCUT2D eigenvalue weighted by Gasteiger charge is -2.18. The molecule has 0 bridgehead atoms. The molecule has 0 amide bonds. The fourth-order valence-corrected chi connectivity index (χ4v) is 5.34. The van der Waals surface area contributed by atoms with Gasteiger partial charge >= 0.3 is 0 Å². The average molecular weight is 362 g/mol. The molecule has 2 unspecified atom stereocenters. The maximum Gasteiger partial charge on any atom is 0.166 e. The van der Waals surface area contributed by atoms with Gasteiger partial charge in [-0.1, -0.05) is 12.1 Å². The Kier molecular flexibility index (Phi) is 4.13. The summed E-state index contributed by atoms with van der Waals surface area (Å²) in [7, 11) is 0. The number of tetrazole rings is 2. The number of thioether (sulfide) groups is 1. The molecule has 0 aliphatic heterocycles. The van der Waals surface area contributed by atoms with Gasteiger partial charge < -0.3 is 0 Å². The van der Waals surface area contributed by atoms with Crippen molar-refractivity contribution in [2.75, 3.05) is 0 Å². The van der Waals surface area contributed by atoms with Crippen LogP contribution in [0.1, 0.15) is 31.9 Å². The molecular weight excluding hydrogens is 352 g/mol. The van der Waals surface area contributed by atoms with Crippen LogP contribution in [0.4, 0.5) is 0 Å². The van der Waals surface area contributed by atoms with Crippen molar-refractivity contribution in [3.05, 3.63) is 56.4 Å². The van der Waals surface area contributed by atoms with Crippen molar-refractivity contribution in [3.63, 3.8) is 0 Å². The van der Waals surface area contributed by atoms with Crippen molar-refractivity contribution in [2.45, 2.75) is 10.5 Å². The van der Waals surface area contributed by atoms with E-state index in [9.17, 15) is 0 Å². The molecule has 11 heteroatoms. The Morgan fingerprint density at radius 3 is 1.70 bits per heavy atom. The van der Waals surface area contributed by atoms with Crippen LogP contribution in [0.5, 0.6) is 0 Å². The maximum atomic E-state index is 4.10. The molecule has 2 atom stereocenters. The van der Waals surface area contributed by atoms with Crippen molar-refractivity contribution in [1.29, 1.82) is 0 Å². The summed E-state index contributed by atoms with van der Waals surface area (Å²) in [6, 6.07) is 8.20. The summed E-state index contributed by atoms with van der Waals surface area (Å²) < 4.78 is 0. The van der Waals surface area contributed by atoms with E-state index < -0.39 is 0 Å². The largest absolute Gasteiger partial charge is 0.242 e. The van der Waals surface area contributed by atoms with Crippen LogP contribution < -0.4 is 0 Å². The van der Waals surface area contributed by atoms with Gasteiger partial charge in [-0.3, -0.25) is 0 Å². The van der Waals surface area contributed by atoms with Gasteiger partial charge in [-0.05, 0) is 43.7 Å². The fourth-order valence-electron chi connectivity index (χ4n) is 2.10. The Labute approximate surface area is 142 Å². The SMILES string of the molecule is c1csc(C(SC(c2nnn[nH]2)c2cccs2)c2nnn[nH]2)c1. The molecule has 8 nitrogen and oxygen atoms in total. The summed E-state index contributed by atoms with van der Waals surface area (Å²) in [6.07, 6.45) is 0. The highest BCUT2D eigenvalue weighted by atomic mass is 32.2. The number of aromatic amines is 2. The molecule has 116 valence electrons. The third-order valence-corrected chi connectivity index (χ3v) is 6.77. The molecular formula is C12H10N8S3. The van der Waals surface area contributed by atoms with Crippen molar-refractivity contribution in [2.24, 2.45) is 0 Å². The number of aromatic nitrogens is 8. The van der Waals surface area contributed by atoms with Gasteiger partial charge in [0.15, 0.2) is 11.6 Å². The monoisotopic (exact) mass is 362 g/mol. The first-order valence-corrected chi connectivity index (χ1v) is 9.31. The number of nitrogens with zero attached hydrogens (tertiary/aromatic N) is 6. The molecule has 4 aromatic rings. The predicted molar refractivity (Wildman–Crippen MR) is 88.3 cm³/mol. The van der Waals surface area contributed by atoms with Crippen LogP contribution in [0.25, 0.3) is 0 Å². The summed E-state index contributed by atoms with van der Waals surface area (Å²) >= 11 is 5.04. The second-order valence-electron chi connectivity index (χ2n) is 4.50. The molecule has 0 saturated carbocycles. The molecule has 0 aliphatic rings. The van der Waals surface area contributed by atoms with Crippen LogP contribution >= 0.6 is 34.4 Å². The number of hydrogen-bond donors (Lipinski definition) is 2. The lowest BCUT2D eigenvalue weighted by atomic mass is 10.3. The van der Waals surface area contributed by atoms with Crippen LogP contribution in [-0.2, 0) is 0 Å². The van der Waals surface area contributed by atoms with Crippen molar-refractivity contribution < 1.29 is 0 Å². The Morgan fingerprint density at radius 2 is 1.35 bits per heavy atom. The number of hydrogen-bond acceptors (Lipinski definition) is 9. The van der Waals surface area contributed by atoms with Crippen LogP contribution in [0, 0.1) is 0 Å². The standard InChI is InChI=1S/C12H10N8S3/c1-3-7(21-5-1)9(11-13-17-18-14-11)23-10(8-4-2-6-22-8)12-15-19-20-16-12/h1-6,9-10H,(H,13,14,17,18)(H,15,16,19,20). The lowest BCUT2D eigenvalue weighted by Crippen LogP contribution is -2.05. The zero-order chi connectivity index (χ0) is 15.5. The highest BCUT2D eigenvalue weighted by Gasteiger charge is 2.28. The molecule has 4 rings (SSSR count). The first-order valence-electron chi connectivity index (χ1n) is 6.61. The number of nitrogens with one attached hydrogen (secondary N) is 2. The van der Waals surface area contributed by atoms with Crippen molar-refractivity contribution in [3.8, 4) is 0 Å². The number of rotatable bonds is 6. The van der Waals surface area contributed by atoms with E-state index in [-0.39, 0.29) is 10.5 Å². The Morgan fingerprint density at radius 1 is 0.826 bits per heavy atom.